The molecule has 1 aromatic rings. The summed E-state index contributed by atoms with van der Waals surface area (Å²) in [5.41, 5.74) is 0.542. The highest BCUT2D eigenvalue weighted by Gasteiger charge is 2.31. The zero-order valence-electron chi connectivity index (χ0n) is 9.57. The number of carbonyl (C=O) groups is 1. The number of likely N-dealkylation sites (N-methyl/N-ethyl adjacent to an activating group) is 1. The fourth-order valence-corrected chi connectivity index (χ4v) is 1.44. The second-order valence-corrected chi connectivity index (χ2v) is 3.76. The Morgan fingerprint density at radius 3 is 2.67 bits per heavy atom. The van der Waals surface area contributed by atoms with Gasteiger partial charge in [0.2, 0.25) is 0 Å². The van der Waals surface area contributed by atoms with Crippen molar-refractivity contribution in [1.29, 1.82) is 0 Å². The molecule has 0 aromatic heterocycles. The van der Waals surface area contributed by atoms with Crippen LogP contribution in [0, 0.1) is 0 Å². The molecule has 0 aliphatic carbocycles. The summed E-state index contributed by atoms with van der Waals surface area (Å²) >= 11 is 0. The molecule has 0 spiro atoms. The summed E-state index contributed by atoms with van der Waals surface area (Å²) < 4.78 is 39.8. The second kappa shape index (κ2) is 5.72. The Balaban J connectivity index is 2.67. The van der Waals surface area contributed by atoms with Gasteiger partial charge in [0, 0.05) is 6.54 Å². The highest BCUT2D eigenvalue weighted by atomic mass is 19.4. The summed E-state index contributed by atoms with van der Waals surface area (Å²) in [6.07, 6.45) is -4.73. The monoisotopic (exact) mass is 263 g/mol. The molecule has 0 aliphatic heterocycles. The molecule has 0 aliphatic rings. The topological polar surface area (TPSA) is 49.8 Å². The smallest absolute Gasteiger partial charge is 0.480 e. The third kappa shape index (κ3) is 5.53. The normalized spacial score (nSPS) is 11.6. The first kappa shape index (κ1) is 14.3. The molecule has 0 amide bonds. The maximum atomic E-state index is 12.0. The number of hydrogen-bond acceptors (Lipinski definition) is 3. The summed E-state index contributed by atoms with van der Waals surface area (Å²) in [5.74, 6) is -1.32. The van der Waals surface area contributed by atoms with Crippen LogP contribution in [-0.4, -0.2) is 35.9 Å². The van der Waals surface area contributed by atoms with E-state index in [9.17, 15) is 18.0 Å². The Morgan fingerprint density at radius 2 is 2.11 bits per heavy atom. The first-order chi connectivity index (χ1) is 8.26. The minimum atomic E-state index is -4.73. The number of halogens is 3. The van der Waals surface area contributed by atoms with E-state index in [-0.39, 0.29) is 18.8 Å². The number of benzene rings is 1. The lowest BCUT2D eigenvalue weighted by Crippen LogP contribution is -2.25. The molecule has 0 fully saturated rings. The molecule has 0 saturated carbocycles. The minimum Gasteiger partial charge on any atom is -0.480 e. The predicted molar refractivity (Wildman–Crippen MR) is 57.1 cm³/mol. The minimum absolute atomic E-state index is 0.190. The molecule has 1 aromatic carbocycles. The molecule has 1 rings (SSSR count). The van der Waals surface area contributed by atoms with Gasteiger partial charge < -0.3 is 9.84 Å². The van der Waals surface area contributed by atoms with Gasteiger partial charge in [0.25, 0.3) is 0 Å². The molecule has 0 bridgehead atoms. The SMILES string of the molecule is CN(CC(=O)O)Cc1cccc(OC(F)(F)F)c1. The average molecular weight is 263 g/mol. The third-order valence-corrected chi connectivity index (χ3v) is 1.99. The number of hydrogen-bond donors (Lipinski definition) is 1. The van der Waals surface area contributed by atoms with Crippen molar-refractivity contribution in [2.75, 3.05) is 13.6 Å². The highest BCUT2D eigenvalue weighted by Crippen LogP contribution is 2.23. The van der Waals surface area contributed by atoms with Crippen LogP contribution in [0.25, 0.3) is 0 Å². The lowest BCUT2D eigenvalue weighted by Gasteiger charge is -2.15. The predicted octanol–water partition coefficient (Wildman–Crippen LogP) is 2.10. The fraction of sp³-hybridized carbons (Fsp3) is 0.364. The van der Waals surface area contributed by atoms with Crippen molar-refractivity contribution in [2.24, 2.45) is 0 Å². The van der Waals surface area contributed by atoms with Gasteiger partial charge in [0.05, 0.1) is 6.54 Å². The lowest BCUT2D eigenvalue weighted by atomic mass is 10.2. The molecule has 1 N–H and O–H groups in total. The molecule has 100 valence electrons. The van der Waals surface area contributed by atoms with Crippen molar-refractivity contribution in [2.45, 2.75) is 12.9 Å². The molecular formula is C11H12F3NO3. The van der Waals surface area contributed by atoms with E-state index in [1.54, 1.807) is 13.1 Å². The number of ether oxygens (including phenoxy) is 1. The summed E-state index contributed by atoms with van der Waals surface area (Å²) in [5, 5.41) is 8.55. The number of carboxylic acids is 1. The van der Waals surface area contributed by atoms with Crippen LogP contribution in [0.3, 0.4) is 0 Å². The molecule has 0 radical (unpaired) electrons. The number of alkyl halides is 3. The Bertz CT molecular complexity index is 420. The quantitative estimate of drug-likeness (QED) is 0.883. The van der Waals surface area contributed by atoms with Gasteiger partial charge in [0.1, 0.15) is 5.75 Å². The van der Waals surface area contributed by atoms with E-state index < -0.39 is 12.3 Å². The molecular weight excluding hydrogens is 251 g/mol. The maximum absolute atomic E-state index is 12.0. The van der Waals surface area contributed by atoms with Crippen molar-refractivity contribution in [3.05, 3.63) is 29.8 Å². The van der Waals surface area contributed by atoms with Crippen LogP contribution < -0.4 is 4.74 Å². The zero-order valence-corrected chi connectivity index (χ0v) is 9.57. The second-order valence-electron chi connectivity index (χ2n) is 3.76. The Morgan fingerprint density at radius 1 is 1.44 bits per heavy atom. The van der Waals surface area contributed by atoms with E-state index in [2.05, 4.69) is 4.74 Å². The van der Waals surface area contributed by atoms with E-state index in [0.29, 0.717) is 5.56 Å². The van der Waals surface area contributed by atoms with Gasteiger partial charge in [-0.1, -0.05) is 12.1 Å². The van der Waals surface area contributed by atoms with Gasteiger partial charge in [-0.2, -0.15) is 0 Å². The average Bonchev–Trinajstić information content (AvgIpc) is 2.13. The van der Waals surface area contributed by atoms with E-state index in [1.807, 2.05) is 0 Å². The van der Waals surface area contributed by atoms with Crippen molar-refractivity contribution in [3.8, 4) is 5.75 Å². The van der Waals surface area contributed by atoms with Crippen LogP contribution >= 0.6 is 0 Å². The number of rotatable bonds is 5. The van der Waals surface area contributed by atoms with E-state index in [1.165, 1.54) is 23.1 Å². The number of aliphatic carboxylic acids is 1. The Labute approximate surface area is 102 Å². The maximum Gasteiger partial charge on any atom is 0.573 e. The standard InChI is InChI=1S/C11H12F3NO3/c1-15(7-10(16)17)6-8-3-2-4-9(5-8)18-11(12,13)14/h2-5H,6-7H2,1H3,(H,16,17). The summed E-state index contributed by atoms with van der Waals surface area (Å²) in [6, 6.07) is 5.44. The molecule has 0 atom stereocenters. The van der Waals surface area contributed by atoms with E-state index in [4.69, 9.17) is 5.11 Å². The van der Waals surface area contributed by atoms with Gasteiger partial charge >= 0.3 is 12.3 Å². The largest absolute Gasteiger partial charge is 0.573 e. The number of nitrogens with zero attached hydrogens (tertiary/aromatic N) is 1. The fourth-order valence-electron chi connectivity index (χ4n) is 1.44. The zero-order chi connectivity index (χ0) is 13.8. The molecule has 0 heterocycles. The van der Waals surface area contributed by atoms with Crippen molar-refractivity contribution in [1.82, 2.24) is 4.90 Å². The number of carboxylic acid groups (broad SMARTS) is 1. The summed E-state index contributed by atoms with van der Waals surface area (Å²) in [4.78, 5) is 11.9. The molecule has 7 heteroatoms. The van der Waals surface area contributed by atoms with Crippen molar-refractivity contribution < 1.29 is 27.8 Å². The first-order valence-corrected chi connectivity index (χ1v) is 5.01. The third-order valence-electron chi connectivity index (χ3n) is 1.99. The van der Waals surface area contributed by atoms with E-state index >= 15 is 0 Å². The van der Waals surface area contributed by atoms with Crippen LogP contribution in [0.4, 0.5) is 13.2 Å². The molecule has 0 unspecified atom stereocenters. The first-order valence-electron chi connectivity index (χ1n) is 5.01. The Hall–Kier alpha value is -1.76. The van der Waals surface area contributed by atoms with Gasteiger partial charge in [-0.25, -0.2) is 0 Å². The van der Waals surface area contributed by atoms with Crippen LogP contribution in [0.5, 0.6) is 5.75 Å². The van der Waals surface area contributed by atoms with Gasteiger partial charge in [-0.15, -0.1) is 13.2 Å². The summed E-state index contributed by atoms with van der Waals surface area (Å²) in [6.45, 7) is 0.0334. The van der Waals surface area contributed by atoms with Crippen LogP contribution in [-0.2, 0) is 11.3 Å². The molecule has 4 nitrogen and oxygen atoms in total. The van der Waals surface area contributed by atoms with Gasteiger partial charge in [0.15, 0.2) is 0 Å². The lowest BCUT2D eigenvalue weighted by molar-refractivity contribution is -0.274. The van der Waals surface area contributed by atoms with Gasteiger partial charge in [-0.3, -0.25) is 9.69 Å². The molecule has 0 saturated heterocycles. The van der Waals surface area contributed by atoms with Crippen LogP contribution in [0.1, 0.15) is 5.56 Å². The highest BCUT2D eigenvalue weighted by molar-refractivity contribution is 5.69. The van der Waals surface area contributed by atoms with Crippen molar-refractivity contribution >= 4 is 5.97 Å². The Kier molecular flexibility index (Phi) is 4.55. The van der Waals surface area contributed by atoms with Gasteiger partial charge in [-0.05, 0) is 24.7 Å². The molecule has 18 heavy (non-hydrogen) atoms. The van der Waals surface area contributed by atoms with Crippen LogP contribution in [0.15, 0.2) is 24.3 Å². The van der Waals surface area contributed by atoms with Crippen molar-refractivity contribution in [3.63, 3.8) is 0 Å². The summed E-state index contributed by atoms with van der Waals surface area (Å²) in [7, 11) is 1.56. The van der Waals surface area contributed by atoms with Crippen LogP contribution in [0.2, 0.25) is 0 Å². The van der Waals surface area contributed by atoms with E-state index in [0.717, 1.165) is 0 Å².